The van der Waals surface area contributed by atoms with Gasteiger partial charge in [-0.1, -0.05) is 54.2 Å². The molecule has 0 radical (unpaired) electrons. The summed E-state index contributed by atoms with van der Waals surface area (Å²) in [6.07, 6.45) is 0.495. The van der Waals surface area contributed by atoms with Crippen LogP contribution in [0.2, 0.25) is 0 Å². The summed E-state index contributed by atoms with van der Waals surface area (Å²) in [4.78, 5) is 38.9. The number of nitro benzene ring substituents is 1. The van der Waals surface area contributed by atoms with E-state index in [1.807, 2.05) is 66.0 Å². The summed E-state index contributed by atoms with van der Waals surface area (Å²) >= 11 is 2.76. The van der Waals surface area contributed by atoms with Gasteiger partial charge in [-0.15, -0.1) is 21.5 Å². The zero-order chi connectivity index (χ0) is 34.5. The number of ether oxygens (including phenoxy) is 2. The van der Waals surface area contributed by atoms with Gasteiger partial charge in [-0.05, 0) is 42.6 Å². The fourth-order valence-corrected chi connectivity index (χ4v) is 7.15. The van der Waals surface area contributed by atoms with Crippen LogP contribution in [0.5, 0.6) is 11.5 Å². The number of hydrazone groups is 1. The molecule has 0 saturated carbocycles. The molecule has 13 nitrogen and oxygen atoms in total. The van der Waals surface area contributed by atoms with Crippen molar-refractivity contribution in [3.8, 4) is 17.2 Å². The first kappa shape index (κ1) is 33.4. The van der Waals surface area contributed by atoms with Crippen molar-refractivity contribution in [1.82, 2.24) is 25.1 Å². The minimum atomic E-state index is -0.519. The van der Waals surface area contributed by atoms with Crippen LogP contribution in [0.15, 0.2) is 94.5 Å². The Bertz CT molecular complexity index is 2030. The highest BCUT2D eigenvalue weighted by atomic mass is 32.2. The van der Waals surface area contributed by atoms with Crippen LogP contribution in [0.4, 0.5) is 5.69 Å². The Hall–Kier alpha value is -5.54. The van der Waals surface area contributed by atoms with Crippen molar-refractivity contribution in [2.75, 3.05) is 20.0 Å². The Morgan fingerprint density at radius 3 is 2.53 bits per heavy atom. The molecule has 0 fully saturated rings. The van der Waals surface area contributed by atoms with Gasteiger partial charge in [0.05, 0.1) is 48.1 Å². The number of thiophene rings is 1. The van der Waals surface area contributed by atoms with Crippen LogP contribution < -0.4 is 14.8 Å². The second kappa shape index (κ2) is 14.7. The lowest BCUT2D eigenvalue weighted by Crippen LogP contribution is -2.29. The highest BCUT2D eigenvalue weighted by molar-refractivity contribution is 7.99. The largest absolute Gasteiger partial charge is 0.493 e. The Kier molecular flexibility index (Phi) is 10.0. The molecule has 5 aromatic rings. The van der Waals surface area contributed by atoms with Crippen molar-refractivity contribution in [3.63, 3.8) is 0 Å². The van der Waals surface area contributed by atoms with Crippen LogP contribution in [-0.2, 0) is 11.3 Å². The number of nitrogens with zero attached hydrogens (tertiary/aromatic N) is 6. The van der Waals surface area contributed by atoms with Gasteiger partial charge in [-0.2, -0.15) is 5.10 Å². The molecule has 6 rings (SSSR count). The third-order valence-corrected chi connectivity index (χ3v) is 9.79. The first-order chi connectivity index (χ1) is 23.8. The van der Waals surface area contributed by atoms with E-state index in [9.17, 15) is 19.7 Å². The molecule has 3 heterocycles. The second-order valence-corrected chi connectivity index (χ2v) is 12.7. The normalized spacial score (nSPS) is 14.0. The standard InChI is InChI=1S/C34H31N7O6S2/c1-21-23(12-7-14-26(21)41(44)45)33(43)35-19-30-36-37-34(39(30)22-10-5-4-6-11-22)49-20-31(42)40-27(18-25(38-40)29-16-9-17-48-29)24-13-8-15-28(46-2)32(24)47-3/h4-17,27H,18-20H2,1-3H3,(H,35,43). The predicted molar refractivity (Wildman–Crippen MR) is 186 cm³/mol. The summed E-state index contributed by atoms with van der Waals surface area (Å²) < 4.78 is 13.0. The lowest BCUT2D eigenvalue weighted by Gasteiger charge is -2.24. The molecule has 49 heavy (non-hydrogen) atoms. The molecule has 2 aromatic heterocycles. The molecule has 1 unspecified atom stereocenters. The maximum atomic E-state index is 14.0. The van der Waals surface area contributed by atoms with Crippen molar-refractivity contribution in [3.05, 3.63) is 122 Å². The molecular formula is C34H31N7O6S2. The van der Waals surface area contributed by atoms with Crippen LogP contribution in [0.3, 0.4) is 0 Å². The van der Waals surface area contributed by atoms with Gasteiger partial charge in [0.2, 0.25) is 0 Å². The molecule has 3 aromatic carbocycles. The Labute approximate surface area is 289 Å². The van der Waals surface area contributed by atoms with Gasteiger partial charge in [0.1, 0.15) is 0 Å². The maximum absolute atomic E-state index is 14.0. The maximum Gasteiger partial charge on any atom is 0.273 e. The molecule has 0 spiro atoms. The van der Waals surface area contributed by atoms with Crippen molar-refractivity contribution < 1.29 is 24.0 Å². The molecular weight excluding hydrogens is 667 g/mol. The lowest BCUT2D eigenvalue weighted by molar-refractivity contribution is -0.385. The molecule has 0 aliphatic carbocycles. The van der Waals surface area contributed by atoms with E-state index in [1.165, 1.54) is 41.9 Å². The monoisotopic (exact) mass is 697 g/mol. The van der Waals surface area contributed by atoms with Gasteiger partial charge in [-0.25, -0.2) is 5.01 Å². The van der Waals surface area contributed by atoms with E-state index in [4.69, 9.17) is 14.6 Å². The average molecular weight is 698 g/mol. The fourth-order valence-electron chi connectivity index (χ4n) is 5.61. The number of hydrogen-bond donors (Lipinski definition) is 1. The molecule has 1 atom stereocenters. The number of carbonyl (C=O) groups is 2. The number of para-hydroxylation sites is 2. The van der Waals surface area contributed by atoms with Crippen LogP contribution >= 0.6 is 23.1 Å². The SMILES string of the molecule is COc1cccc(C2CC(c3cccs3)=NN2C(=O)CSc2nnc(CNC(=O)c3cccc([N+](=O)[O-])c3C)n2-c2ccccc2)c1OC. The number of hydrogen-bond acceptors (Lipinski definition) is 11. The van der Waals surface area contributed by atoms with E-state index < -0.39 is 16.9 Å². The van der Waals surface area contributed by atoms with E-state index >= 15 is 0 Å². The van der Waals surface area contributed by atoms with E-state index in [0.29, 0.717) is 28.9 Å². The third kappa shape index (κ3) is 6.89. The number of benzene rings is 3. The number of methoxy groups -OCH3 is 2. The number of aromatic nitrogens is 3. The predicted octanol–water partition coefficient (Wildman–Crippen LogP) is 5.96. The molecule has 1 aliphatic rings. The number of nitrogens with one attached hydrogen (secondary N) is 1. The van der Waals surface area contributed by atoms with Crippen molar-refractivity contribution in [2.45, 2.75) is 31.1 Å². The summed E-state index contributed by atoms with van der Waals surface area (Å²) in [6, 6.07) is 22.8. The summed E-state index contributed by atoms with van der Waals surface area (Å²) in [6.45, 7) is 1.52. The van der Waals surface area contributed by atoms with Crippen molar-refractivity contribution in [2.24, 2.45) is 5.10 Å². The second-order valence-electron chi connectivity index (χ2n) is 10.8. The number of nitro groups is 1. The first-order valence-electron chi connectivity index (χ1n) is 15.1. The van der Waals surface area contributed by atoms with Crippen LogP contribution in [-0.4, -0.2) is 62.2 Å². The average Bonchev–Trinajstić information content (AvgIpc) is 3.90. The van der Waals surface area contributed by atoms with Crippen molar-refractivity contribution >= 4 is 46.3 Å². The first-order valence-corrected chi connectivity index (χ1v) is 17.0. The summed E-state index contributed by atoms with van der Waals surface area (Å²) in [5.74, 6) is 0.775. The number of carbonyl (C=O) groups excluding carboxylic acids is 2. The van der Waals surface area contributed by atoms with Gasteiger partial charge in [0.25, 0.3) is 17.5 Å². The van der Waals surface area contributed by atoms with Crippen LogP contribution in [0.25, 0.3) is 5.69 Å². The Morgan fingerprint density at radius 1 is 1.02 bits per heavy atom. The fraction of sp³-hybridized carbons (Fsp3) is 0.206. The molecule has 1 aliphatic heterocycles. The minimum absolute atomic E-state index is 0.00575. The molecule has 250 valence electrons. The number of thioether (sulfide) groups is 1. The van der Waals surface area contributed by atoms with Crippen molar-refractivity contribution in [1.29, 1.82) is 0 Å². The molecule has 15 heteroatoms. The highest BCUT2D eigenvalue weighted by Crippen LogP contribution is 2.42. The van der Waals surface area contributed by atoms with Gasteiger partial charge >= 0.3 is 0 Å². The summed E-state index contributed by atoms with van der Waals surface area (Å²) in [5.41, 5.74) is 2.63. The van der Waals surface area contributed by atoms with Gasteiger partial charge in [0.15, 0.2) is 22.5 Å². The third-order valence-electron chi connectivity index (χ3n) is 7.96. The molecule has 0 saturated heterocycles. The molecule has 0 bridgehead atoms. The van der Waals surface area contributed by atoms with E-state index in [2.05, 4.69) is 15.5 Å². The lowest BCUT2D eigenvalue weighted by atomic mass is 9.99. The Morgan fingerprint density at radius 2 is 1.82 bits per heavy atom. The number of rotatable bonds is 12. The zero-order valence-corrected chi connectivity index (χ0v) is 28.4. The summed E-state index contributed by atoms with van der Waals surface area (Å²) in [5, 5.41) is 31.6. The van der Waals surface area contributed by atoms with Crippen LogP contribution in [0.1, 0.15) is 44.6 Å². The summed E-state index contributed by atoms with van der Waals surface area (Å²) in [7, 11) is 3.14. The van der Waals surface area contributed by atoms with E-state index in [-0.39, 0.29) is 35.0 Å². The minimum Gasteiger partial charge on any atom is -0.493 e. The quantitative estimate of drug-likeness (QED) is 0.0945. The molecule has 1 N–H and O–H groups in total. The Balaban J connectivity index is 1.25. The molecule has 2 amide bonds. The highest BCUT2D eigenvalue weighted by Gasteiger charge is 2.36. The van der Waals surface area contributed by atoms with E-state index in [1.54, 1.807) is 30.1 Å². The zero-order valence-electron chi connectivity index (χ0n) is 26.7. The van der Waals surface area contributed by atoms with Gasteiger partial charge in [0, 0.05) is 34.9 Å². The van der Waals surface area contributed by atoms with Gasteiger partial charge in [-0.3, -0.25) is 24.3 Å². The van der Waals surface area contributed by atoms with Gasteiger partial charge < -0.3 is 14.8 Å². The topological polar surface area (TPSA) is 154 Å². The number of amides is 2. The van der Waals surface area contributed by atoms with E-state index in [0.717, 1.165) is 21.8 Å². The smallest absolute Gasteiger partial charge is 0.273 e. The van der Waals surface area contributed by atoms with Crippen LogP contribution in [0, 0.1) is 17.0 Å².